The Kier molecular flexibility index (Phi) is 12.1. The molecule has 67 heavy (non-hydrogen) atoms. The number of nitrogens with one attached hydrogen (secondary N) is 5. The summed E-state index contributed by atoms with van der Waals surface area (Å²) in [6.07, 6.45) is 7.58. The number of aromatic amines is 2. The number of alkyl carbamates (subject to hydrolysis) is 2. The number of benzene rings is 4. The third-order valence-electron chi connectivity index (χ3n) is 14.0. The number of ether oxygens (including phenoxy) is 2. The van der Waals surface area contributed by atoms with E-state index in [1.807, 2.05) is 78.0 Å². The van der Waals surface area contributed by atoms with Crippen LogP contribution < -0.4 is 16.0 Å². The summed E-state index contributed by atoms with van der Waals surface area (Å²) in [6.45, 7) is 3.43. The third-order valence-corrected chi connectivity index (χ3v) is 14.0. The lowest BCUT2D eigenvalue weighted by atomic mass is 9.88. The third kappa shape index (κ3) is 8.43. The van der Waals surface area contributed by atoms with Gasteiger partial charge in [-0.15, -0.1) is 0 Å². The first-order valence-electron chi connectivity index (χ1n) is 23.2. The van der Waals surface area contributed by atoms with Crippen molar-refractivity contribution in [2.75, 3.05) is 27.3 Å². The maximum atomic E-state index is 14.2. The molecular formula is C52H55N9O6. The van der Waals surface area contributed by atoms with Gasteiger partial charge in [0.1, 0.15) is 23.7 Å². The number of methoxy groups -OCH3 is 2. The zero-order valence-electron chi connectivity index (χ0n) is 37.8. The van der Waals surface area contributed by atoms with Gasteiger partial charge in [0, 0.05) is 30.7 Å². The zero-order chi connectivity index (χ0) is 46.2. The van der Waals surface area contributed by atoms with E-state index in [-0.39, 0.29) is 36.0 Å². The van der Waals surface area contributed by atoms with Gasteiger partial charge in [-0.05, 0) is 83.4 Å². The van der Waals surface area contributed by atoms with Crippen LogP contribution in [0, 0.1) is 5.92 Å². The summed E-state index contributed by atoms with van der Waals surface area (Å²) in [5, 5.41) is 9.44. The van der Waals surface area contributed by atoms with Gasteiger partial charge in [-0.25, -0.2) is 19.6 Å². The number of hydrogen-bond acceptors (Lipinski definition) is 9. The van der Waals surface area contributed by atoms with Crippen LogP contribution in [0.4, 0.5) is 9.59 Å². The highest BCUT2D eigenvalue weighted by Crippen LogP contribution is 2.52. The van der Waals surface area contributed by atoms with Gasteiger partial charge in [0.25, 0.3) is 11.8 Å². The van der Waals surface area contributed by atoms with E-state index in [0.717, 1.165) is 72.4 Å². The Morgan fingerprint density at radius 2 is 1.07 bits per heavy atom. The Labute approximate surface area is 389 Å². The summed E-state index contributed by atoms with van der Waals surface area (Å²) >= 11 is 0. The minimum absolute atomic E-state index is 0.190. The summed E-state index contributed by atoms with van der Waals surface area (Å²) in [6, 6.07) is 29.5. The fourth-order valence-corrected chi connectivity index (χ4v) is 10.9. The van der Waals surface area contributed by atoms with Crippen LogP contribution in [0.25, 0.3) is 33.6 Å². The van der Waals surface area contributed by atoms with E-state index in [0.29, 0.717) is 36.0 Å². The molecule has 4 amide bonds. The second-order valence-corrected chi connectivity index (χ2v) is 18.1. The van der Waals surface area contributed by atoms with E-state index in [9.17, 15) is 19.2 Å². The van der Waals surface area contributed by atoms with Gasteiger partial charge in [0.15, 0.2) is 0 Å². The molecule has 0 spiro atoms. The van der Waals surface area contributed by atoms with E-state index < -0.39 is 24.3 Å². The second kappa shape index (κ2) is 18.6. The number of amides is 4. The number of hydrogen-bond donors (Lipinski definition) is 5. The topological polar surface area (TPSA) is 187 Å². The van der Waals surface area contributed by atoms with Crippen molar-refractivity contribution in [3.8, 4) is 33.6 Å². The number of likely N-dealkylation sites (tertiary alicyclic amines) is 2. The van der Waals surface area contributed by atoms with Crippen LogP contribution in [0.1, 0.15) is 116 Å². The van der Waals surface area contributed by atoms with Gasteiger partial charge in [0.2, 0.25) is 0 Å². The van der Waals surface area contributed by atoms with Crippen LogP contribution in [0.2, 0.25) is 0 Å². The molecule has 7 unspecified atom stereocenters. The highest BCUT2D eigenvalue weighted by Gasteiger charge is 2.42. The molecule has 0 aliphatic carbocycles. The van der Waals surface area contributed by atoms with Gasteiger partial charge in [-0.1, -0.05) is 104 Å². The molecule has 3 saturated heterocycles. The van der Waals surface area contributed by atoms with Gasteiger partial charge in [-0.3, -0.25) is 9.59 Å². The highest BCUT2D eigenvalue weighted by molar-refractivity contribution is 5.88. The predicted octanol–water partition coefficient (Wildman–Crippen LogP) is 8.77. The number of fused-ring (bicyclic) bond motifs is 5. The maximum absolute atomic E-state index is 14.2. The van der Waals surface area contributed by atoms with Crippen molar-refractivity contribution >= 4 is 24.0 Å². The summed E-state index contributed by atoms with van der Waals surface area (Å²) < 4.78 is 9.76. The molecule has 3 fully saturated rings. The number of imidazole rings is 2. The van der Waals surface area contributed by atoms with E-state index in [1.165, 1.54) is 30.9 Å². The van der Waals surface area contributed by atoms with Gasteiger partial charge < -0.3 is 45.2 Å². The molecule has 7 atom stereocenters. The fourth-order valence-electron chi connectivity index (χ4n) is 10.9. The lowest BCUT2D eigenvalue weighted by molar-refractivity contribution is -0.135. The largest absolute Gasteiger partial charge is 0.453 e. The van der Waals surface area contributed by atoms with Crippen LogP contribution in [-0.2, 0) is 19.1 Å². The first kappa shape index (κ1) is 43.6. The molecule has 4 aliphatic heterocycles. The average molecular weight is 902 g/mol. The molecule has 2 bridgehead atoms. The minimum atomic E-state index is -0.893. The van der Waals surface area contributed by atoms with Crippen LogP contribution in [0.5, 0.6) is 0 Å². The number of H-pyrrole nitrogens is 2. The molecule has 344 valence electrons. The normalized spacial score (nSPS) is 21.6. The van der Waals surface area contributed by atoms with E-state index in [2.05, 4.69) is 69.2 Å². The van der Waals surface area contributed by atoms with E-state index in [4.69, 9.17) is 19.4 Å². The lowest BCUT2D eigenvalue weighted by Crippen LogP contribution is -2.42. The van der Waals surface area contributed by atoms with Crippen LogP contribution in [0.15, 0.2) is 109 Å². The Morgan fingerprint density at radius 3 is 1.60 bits per heavy atom. The standard InChI is InChI=1S/C52H55N9O6/c1-30-26-37-43-35(31-18-20-32(21-19-31)39-28-53-47(56-39)41-16-10-24-60(41)49(62)45(58-51(64)66-2)33-12-6-4-7-13-33)22-23-36(44(43)38(27-30)55-37)40-29-54-48(57-40)42-17-11-25-61(42)50(63)46(59-52(65)67-3)34-14-8-5-9-15-34/h4-9,12-15,18-23,28-30,37-38,41-42,45-46,55H,10-11,16-17,24-27H2,1-3H3,(H,53,56)(H,54,57)(H,58,64)(H,59,65). The Bertz CT molecular complexity index is 2770. The predicted molar refractivity (Wildman–Crippen MR) is 251 cm³/mol. The summed E-state index contributed by atoms with van der Waals surface area (Å²) in [4.78, 5) is 73.5. The molecule has 15 heteroatoms. The van der Waals surface area contributed by atoms with Gasteiger partial charge >= 0.3 is 12.2 Å². The monoisotopic (exact) mass is 901 g/mol. The number of rotatable bonds is 11. The molecule has 6 heterocycles. The van der Waals surface area contributed by atoms with E-state index >= 15 is 0 Å². The Morgan fingerprint density at radius 1 is 0.612 bits per heavy atom. The van der Waals surface area contributed by atoms with E-state index in [1.54, 1.807) is 4.90 Å². The lowest BCUT2D eigenvalue weighted by Gasteiger charge is -2.28. The van der Waals surface area contributed by atoms with Crippen molar-refractivity contribution in [2.24, 2.45) is 5.92 Å². The maximum Gasteiger partial charge on any atom is 0.407 e. The smallest absolute Gasteiger partial charge is 0.407 e. The first-order valence-corrected chi connectivity index (χ1v) is 23.2. The Balaban J connectivity index is 0.898. The summed E-state index contributed by atoms with van der Waals surface area (Å²) in [5.41, 5.74) is 10.1. The minimum Gasteiger partial charge on any atom is -0.453 e. The van der Waals surface area contributed by atoms with Crippen molar-refractivity contribution < 1.29 is 28.7 Å². The molecule has 4 aliphatic rings. The van der Waals surface area contributed by atoms with Crippen molar-refractivity contribution in [1.82, 2.24) is 45.7 Å². The van der Waals surface area contributed by atoms with Crippen molar-refractivity contribution in [1.29, 1.82) is 0 Å². The molecule has 0 saturated carbocycles. The van der Waals surface area contributed by atoms with Crippen LogP contribution in [-0.4, -0.2) is 81.0 Å². The molecular weight excluding hydrogens is 847 g/mol. The molecule has 2 aromatic heterocycles. The number of carbonyl (C=O) groups excluding carboxylic acids is 4. The van der Waals surface area contributed by atoms with Crippen molar-refractivity contribution in [3.05, 3.63) is 143 Å². The average Bonchev–Trinajstić information content (AvgIpc) is 4.23. The SMILES string of the molecule is COC(=O)NC(C(=O)N1CCCC1c1ncc(-c2ccc(-c3ccc(-c4cnc(C5CCCN5C(=O)C(NC(=O)OC)c5ccccc5)[nH]4)c4c3C3CC(C)CC4N3)cc2)[nH]1)c1ccccc1. The molecule has 4 aromatic carbocycles. The molecule has 10 rings (SSSR count). The highest BCUT2D eigenvalue weighted by atomic mass is 16.5. The second-order valence-electron chi connectivity index (χ2n) is 18.1. The molecule has 15 nitrogen and oxygen atoms in total. The first-order chi connectivity index (χ1) is 32.7. The molecule has 6 aromatic rings. The molecule has 5 N–H and O–H groups in total. The summed E-state index contributed by atoms with van der Waals surface area (Å²) in [7, 11) is 2.58. The van der Waals surface area contributed by atoms with Crippen LogP contribution >= 0.6 is 0 Å². The molecule has 0 radical (unpaired) electrons. The number of nitrogens with zero attached hydrogens (tertiary/aromatic N) is 4. The van der Waals surface area contributed by atoms with Gasteiger partial charge in [0.05, 0.1) is 50.1 Å². The number of piperidine rings is 1. The quantitative estimate of drug-likeness (QED) is 0.0848. The van der Waals surface area contributed by atoms with Crippen LogP contribution in [0.3, 0.4) is 0 Å². The Hall–Kier alpha value is -7.26. The summed E-state index contributed by atoms with van der Waals surface area (Å²) in [5.74, 6) is 1.56. The number of carbonyl (C=O) groups is 4. The fraction of sp³-hybridized carbons (Fsp3) is 0.346. The van der Waals surface area contributed by atoms with Crippen molar-refractivity contribution in [2.45, 2.75) is 81.7 Å². The van der Waals surface area contributed by atoms with Crippen molar-refractivity contribution in [3.63, 3.8) is 0 Å². The zero-order valence-corrected chi connectivity index (χ0v) is 37.8. The number of aromatic nitrogens is 4. The van der Waals surface area contributed by atoms with Gasteiger partial charge in [-0.2, -0.15) is 0 Å².